The van der Waals surface area contributed by atoms with Gasteiger partial charge in [-0.2, -0.15) is 0 Å². The van der Waals surface area contributed by atoms with Gasteiger partial charge in [0.2, 0.25) is 0 Å². The zero-order valence-corrected chi connectivity index (χ0v) is 14.0. The molecule has 4 nitrogen and oxygen atoms in total. The molecule has 0 aromatic heterocycles. The number of nitrogens with one attached hydrogen (secondary N) is 1. The van der Waals surface area contributed by atoms with E-state index in [1.54, 1.807) is 0 Å². The lowest BCUT2D eigenvalue weighted by Gasteiger charge is -2.15. The third kappa shape index (κ3) is 5.51. The molecule has 5 heteroatoms. The molecule has 0 radical (unpaired) electrons. The van der Waals surface area contributed by atoms with E-state index in [0.717, 1.165) is 27.9 Å². The summed E-state index contributed by atoms with van der Waals surface area (Å²) in [4.78, 5) is 11.2. The Hall–Kier alpha value is -1.07. The second-order valence-electron chi connectivity index (χ2n) is 5.10. The lowest BCUT2D eigenvalue weighted by atomic mass is 10.1. The van der Waals surface area contributed by atoms with Crippen LogP contribution in [0.5, 0.6) is 5.75 Å². The van der Waals surface area contributed by atoms with Crippen molar-refractivity contribution < 1.29 is 14.3 Å². The maximum Gasteiger partial charge on any atom is 0.343 e. The molecule has 112 valence electrons. The van der Waals surface area contributed by atoms with E-state index < -0.39 is 0 Å². The molecule has 1 aromatic rings. The predicted octanol–water partition coefficient (Wildman–Crippen LogP) is 3.05. The molecule has 20 heavy (non-hydrogen) atoms. The largest absolute Gasteiger partial charge is 0.481 e. The van der Waals surface area contributed by atoms with Gasteiger partial charge in [0.25, 0.3) is 0 Å². The summed E-state index contributed by atoms with van der Waals surface area (Å²) in [7, 11) is 1.35. The molecular formula is C15H22BrNO3. The van der Waals surface area contributed by atoms with Gasteiger partial charge in [-0.25, -0.2) is 4.79 Å². The van der Waals surface area contributed by atoms with Gasteiger partial charge in [0.05, 0.1) is 7.11 Å². The van der Waals surface area contributed by atoms with Crippen molar-refractivity contribution in [1.29, 1.82) is 0 Å². The number of aryl methyl sites for hydroxylation is 1. The highest BCUT2D eigenvalue weighted by atomic mass is 79.9. The second-order valence-corrected chi connectivity index (χ2v) is 6.02. The number of hydrogen-bond acceptors (Lipinski definition) is 4. The third-order valence-corrected chi connectivity index (χ3v) is 3.20. The number of rotatable bonds is 7. The quantitative estimate of drug-likeness (QED) is 0.773. The van der Waals surface area contributed by atoms with Crippen molar-refractivity contribution in [3.63, 3.8) is 0 Å². The zero-order valence-electron chi connectivity index (χ0n) is 12.5. The first-order valence-electron chi connectivity index (χ1n) is 6.63. The number of carbonyl (C=O) groups excluding carboxylic acids is 1. The Morgan fingerprint density at radius 1 is 1.40 bits per heavy atom. The van der Waals surface area contributed by atoms with Crippen LogP contribution >= 0.6 is 15.9 Å². The number of halogens is 1. The summed E-state index contributed by atoms with van der Waals surface area (Å²) in [6, 6.07) is 3.98. The molecule has 0 unspecified atom stereocenters. The Bertz CT molecular complexity index is 461. The van der Waals surface area contributed by atoms with Crippen LogP contribution in [0, 0.1) is 12.8 Å². The SMILES string of the molecule is COC(=O)COc1c(C)cc(Br)cc1CNCC(C)C. The predicted molar refractivity (Wildman–Crippen MR) is 82.9 cm³/mol. The highest BCUT2D eigenvalue weighted by Crippen LogP contribution is 2.28. The van der Waals surface area contributed by atoms with Crippen molar-refractivity contribution >= 4 is 21.9 Å². The van der Waals surface area contributed by atoms with Crippen LogP contribution in [0.2, 0.25) is 0 Å². The second kappa shape index (κ2) is 8.27. The standard InChI is InChI=1S/C15H22BrNO3/c1-10(2)7-17-8-12-6-13(16)5-11(3)15(12)20-9-14(18)19-4/h5-6,10,17H,7-9H2,1-4H3. The third-order valence-electron chi connectivity index (χ3n) is 2.75. The minimum Gasteiger partial charge on any atom is -0.481 e. The first-order chi connectivity index (χ1) is 9.43. The Balaban J connectivity index is 2.81. The Morgan fingerprint density at radius 2 is 2.10 bits per heavy atom. The van der Waals surface area contributed by atoms with Crippen molar-refractivity contribution in [3.05, 3.63) is 27.7 Å². The van der Waals surface area contributed by atoms with Crippen LogP contribution in [0.3, 0.4) is 0 Å². The Morgan fingerprint density at radius 3 is 2.70 bits per heavy atom. The molecule has 1 rings (SSSR count). The molecule has 1 aromatic carbocycles. The number of ether oxygens (including phenoxy) is 2. The molecule has 0 amide bonds. The van der Waals surface area contributed by atoms with Crippen LogP contribution in [0.1, 0.15) is 25.0 Å². The zero-order chi connectivity index (χ0) is 15.1. The smallest absolute Gasteiger partial charge is 0.343 e. The first kappa shape index (κ1) is 17.0. The summed E-state index contributed by atoms with van der Waals surface area (Å²) < 4.78 is 11.2. The molecule has 0 saturated carbocycles. The molecule has 0 fully saturated rings. The van der Waals surface area contributed by atoms with Crippen LogP contribution in [-0.2, 0) is 16.1 Å². The van der Waals surface area contributed by atoms with Gasteiger partial charge < -0.3 is 14.8 Å². The topological polar surface area (TPSA) is 47.6 Å². The van der Waals surface area contributed by atoms with Gasteiger partial charge in [0.1, 0.15) is 5.75 Å². The van der Waals surface area contributed by atoms with Crippen molar-refractivity contribution in [1.82, 2.24) is 5.32 Å². The van der Waals surface area contributed by atoms with Gasteiger partial charge in [-0.3, -0.25) is 0 Å². The van der Waals surface area contributed by atoms with E-state index in [9.17, 15) is 4.79 Å². The van der Waals surface area contributed by atoms with Crippen LogP contribution in [0.25, 0.3) is 0 Å². The summed E-state index contributed by atoms with van der Waals surface area (Å²) >= 11 is 3.49. The van der Waals surface area contributed by atoms with E-state index in [1.165, 1.54) is 7.11 Å². The van der Waals surface area contributed by atoms with Gasteiger partial charge in [0, 0.05) is 16.6 Å². The maximum atomic E-state index is 11.2. The number of methoxy groups -OCH3 is 1. The summed E-state index contributed by atoms with van der Waals surface area (Å²) in [5.74, 6) is 0.950. The lowest BCUT2D eigenvalue weighted by molar-refractivity contribution is -0.142. The van der Waals surface area contributed by atoms with Crippen LogP contribution in [0.15, 0.2) is 16.6 Å². The molecule has 0 bridgehead atoms. The number of benzene rings is 1. The number of esters is 1. The minimum atomic E-state index is -0.381. The van der Waals surface area contributed by atoms with E-state index in [4.69, 9.17) is 4.74 Å². The maximum absolute atomic E-state index is 11.2. The van der Waals surface area contributed by atoms with E-state index >= 15 is 0 Å². The highest BCUT2D eigenvalue weighted by Gasteiger charge is 2.11. The fourth-order valence-electron chi connectivity index (χ4n) is 1.82. The fourth-order valence-corrected chi connectivity index (χ4v) is 2.44. The monoisotopic (exact) mass is 343 g/mol. The number of carbonyl (C=O) groups is 1. The molecule has 1 N–H and O–H groups in total. The van der Waals surface area contributed by atoms with E-state index in [2.05, 4.69) is 39.8 Å². The average molecular weight is 344 g/mol. The van der Waals surface area contributed by atoms with Crippen molar-refractivity contribution in [2.75, 3.05) is 20.3 Å². The van der Waals surface area contributed by atoms with E-state index in [0.29, 0.717) is 12.5 Å². The molecule has 0 saturated heterocycles. The summed E-state index contributed by atoms with van der Waals surface area (Å²) in [6.07, 6.45) is 0. The summed E-state index contributed by atoms with van der Waals surface area (Å²) in [6.45, 7) is 7.85. The molecule has 0 spiro atoms. The Labute approximate surface area is 129 Å². The van der Waals surface area contributed by atoms with E-state index in [1.807, 2.05) is 19.1 Å². The normalized spacial score (nSPS) is 10.7. The van der Waals surface area contributed by atoms with Crippen LogP contribution < -0.4 is 10.1 Å². The van der Waals surface area contributed by atoms with Crippen LogP contribution in [0.4, 0.5) is 0 Å². The van der Waals surface area contributed by atoms with Gasteiger partial charge >= 0.3 is 5.97 Å². The lowest BCUT2D eigenvalue weighted by Crippen LogP contribution is -2.20. The molecular weight excluding hydrogens is 322 g/mol. The molecule has 0 aliphatic carbocycles. The van der Waals surface area contributed by atoms with Crippen molar-refractivity contribution in [2.24, 2.45) is 5.92 Å². The van der Waals surface area contributed by atoms with Crippen molar-refractivity contribution in [2.45, 2.75) is 27.3 Å². The minimum absolute atomic E-state index is 0.0733. The number of hydrogen-bond donors (Lipinski definition) is 1. The van der Waals surface area contributed by atoms with Gasteiger partial charge in [-0.15, -0.1) is 0 Å². The molecule has 0 atom stereocenters. The van der Waals surface area contributed by atoms with Gasteiger partial charge in [-0.1, -0.05) is 29.8 Å². The molecule has 0 heterocycles. The molecule has 0 aliphatic rings. The highest BCUT2D eigenvalue weighted by molar-refractivity contribution is 9.10. The first-order valence-corrected chi connectivity index (χ1v) is 7.42. The summed E-state index contributed by atoms with van der Waals surface area (Å²) in [5.41, 5.74) is 2.02. The van der Waals surface area contributed by atoms with Crippen LogP contribution in [-0.4, -0.2) is 26.2 Å². The Kier molecular flexibility index (Phi) is 7.02. The van der Waals surface area contributed by atoms with Crippen molar-refractivity contribution in [3.8, 4) is 5.75 Å². The van der Waals surface area contributed by atoms with Gasteiger partial charge in [0.15, 0.2) is 6.61 Å². The average Bonchev–Trinajstić information content (AvgIpc) is 2.36. The fraction of sp³-hybridized carbons (Fsp3) is 0.533. The van der Waals surface area contributed by atoms with Gasteiger partial charge in [-0.05, 0) is 37.1 Å². The molecule has 0 aliphatic heterocycles. The summed E-state index contributed by atoms with van der Waals surface area (Å²) in [5, 5.41) is 3.38. The van der Waals surface area contributed by atoms with E-state index in [-0.39, 0.29) is 12.6 Å².